The predicted molar refractivity (Wildman–Crippen MR) is 165 cm³/mol. The summed E-state index contributed by atoms with van der Waals surface area (Å²) in [5.41, 5.74) is 2.49. The van der Waals surface area contributed by atoms with Gasteiger partial charge in [-0.25, -0.2) is 9.36 Å². The molecule has 4 heterocycles. The first kappa shape index (κ1) is 31.3. The van der Waals surface area contributed by atoms with Crippen molar-refractivity contribution in [1.29, 1.82) is 0 Å². The number of rotatable bonds is 6. The molecule has 0 bridgehead atoms. The van der Waals surface area contributed by atoms with Gasteiger partial charge < -0.3 is 9.36 Å². The third-order valence-corrected chi connectivity index (χ3v) is 7.27. The fourth-order valence-corrected chi connectivity index (χ4v) is 4.70. The van der Waals surface area contributed by atoms with E-state index in [2.05, 4.69) is 53.9 Å². The van der Waals surface area contributed by atoms with Crippen molar-refractivity contribution in [2.75, 3.05) is 0 Å². The van der Waals surface area contributed by atoms with Crippen LogP contribution in [0.5, 0.6) is 0 Å². The number of benzene rings is 2. The summed E-state index contributed by atoms with van der Waals surface area (Å²) < 4.78 is 6.97. The van der Waals surface area contributed by atoms with Gasteiger partial charge in [0.1, 0.15) is 11.6 Å². The SMILES string of the molecule is CC(C)(C)c1c[c-]n(-c2nc(-c3ccccc3)n(C(C)(C)n3nc(-n4[c-]cc(C(C)(C)C)n4)nc3-c3ccccc3)n2)n1.[Pt+2]. The number of hydrogen-bond acceptors (Lipinski definition) is 6. The van der Waals surface area contributed by atoms with Crippen molar-refractivity contribution in [1.82, 2.24) is 49.1 Å². The minimum atomic E-state index is -0.868. The van der Waals surface area contributed by atoms with E-state index < -0.39 is 5.66 Å². The molecule has 44 heavy (non-hydrogen) atoms. The summed E-state index contributed by atoms with van der Waals surface area (Å²) in [6.45, 7) is 16.8. The first-order valence-corrected chi connectivity index (χ1v) is 14.4. The fraction of sp³-hybridized carbons (Fsp3) is 0.333. The molecule has 4 aromatic heterocycles. The van der Waals surface area contributed by atoms with E-state index in [-0.39, 0.29) is 31.9 Å². The Bertz CT molecular complexity index is 1730. The predicted octanol–water partition coefficient (Wildman–Crippen LogP) is 6.01. The molecule has 0 saturated heterocycles. The molecule has 0 saturated carbocycles. The minimum Gasteiger partial charge on any atom is -0.327 e. The molecule has 10 nitrogen and oxygen atoms in total. The third kappa shape index (κ3) is 5.83. The van der Waals surface area contributed by atoms with Gasteiger partial charge >= 0.3 is 21.1 Å². The van der Waals surface area contributed by atoms with Crippen LogP contribution >= 0.6 is 0 Å². The Kier molecular flexibility index (Phi) is 8.10. The maximum Gasteiger partial charge on any atom is 2.00 e. The molecule has 0 aliphatic rings. The van der Waals surface area contributed by atoms with E-state index in [0.29, 0.717) is 23.5 Å². The summed E-state index contributed by atoms with van der Waals surface area (Å²) in [5.74, 6) is 2.16. The number of aromatic nitrogens is 10. The molecule has 0 fully saturated rings. The molecule has 0 aliphatic heterocycles. The van der Waals surface area contributed by atoms with Crippen LogP contribution in [-0.4, -0.2) is 49.1 Å². The average molecular weight is 768 g/mol. The van der Waals surface area contributed by atoms with E-state index in [1.165, 1.54) is 0 Å². The first-order valence-electron chi connectivity index (χ1n) is 14.4. The Labute approximate surface area is 272 Å². The summed E-state index contributed by atoms with van der Waals surface area (Å²) in [6, 6.07) is 23.8. The maximum atomic E-state index is 5.01. The van der Waals surface area contributed by atoms with Gasteiger partial charge in [-0.05, 0) is 36.1 Å². The zero-order chi connectivity index (χ0) is 30.6. The van der Waals surface area contributed by atoms with Gasteiger partial charge in [-0.3, -0.25) is 20.2 Å². The summed E-state index contributed by atoms with van der Waals surface area (Å²) in [5, 5.41) is 19.5. The van der Waals surface area contributed by atoms with Gasteiger partial charge in [0.2, 0.25) is 0 Å². The quantitative estimate of drug-likeness (QED) is 0.193. The molecule has 6 rings (SSSR count). The summed E-state index contributed by atoms with van der Waals surface area (Å²) >= 11 is 0. The normalized spacial score (nSPS) is 12.4. The number of nitrogens with zero attached hydrogens (tertiary/aromatic N) is 10. The van der Waals surface area contributed by atoms with Crippen molar-refractivity contribution in [2.24, 2.45) is 0 Å². The molecule has 0 unspecified atom stereocenters. The van der Waals surface area contributed by atoms with Gasteiger partial charge in [0, 0.05) is 11.1 Å². The Morgan fingerprint density at radius 3 is 1.20 bits per heavy atom. The van der Waals surface area contributed by atoms with Gasteiger partial charge in [-0.1, -0.05) is 115 Å². The van der Waals surface area contributed by atoms with E-state index in [9.17, 15) is 0 Å². The van der Waals surface area contributed by atoms with Crippen LogP contribution in [0.25, 0.3) is 34.7 Å². The molecular formula is C33H36N10Pt. The molecule has 0 atom stereocenters. The molecule has 228 valence electrons. The van der Waals surface area contributed by atoms with Crippen molar-refractivity contribution in [3.8, 4) is 34.7 Å². The van der Waals surface area contributed by atoms with Crippen LogP contribution in [0.4, 0.5) is 0 Å². The van der Waals surface area contributed by atoms with Crippen LogP contribution in [0, 0.1) is 12.4 Å². The zero-order valence-electron chi connectivity index (χ0n) is 26.2. The van der Waals surface area contributed by atoms with E-state index in [1.54, 1.807) is 9.36 Å². The van der Waals surface area contributed by atoms with Crippen molar-refractivity contribution in [3.63, 3.8) is 0 Å². The number of hydrogen-bond donors (Lipinski definition) is 0. The monoisotopic (exact) mass is 767 g/mol. The second-order valence-electron chi connectivity index (χ2n) is 13.2. The van der Waals surface area contributed by atoms with Crippen molar-refractivity contribution >= 4 is 0 Å². The zero-order valence-corrected chi connectivity index (χ0v) is 28.5. The third-order valence-electron chi connectivity index (χ3n) is 7.27. The second-order valence-corrected chi connectivity index (χ2v) is 13.2. The molecule has 0 N–H and O–H groups in total. The topological polar surface area (TPSA) is 97.1 Å². The summed E-state index contributed by atoms with van der Waals surface area (Å²) in [4.78, 5) is 9.94. The van der Waals surface area contributed by atoms with Crippen LogP contribution in [0.1, 0.15) is 66.8 Å². The van der Waals surface area contributed by atoms with Gasteiger partial charge in [-0.2, -0.15) is 10.2 Å². The molecule has 6 aromatic rings. The van der Waals surface area contributed by atoms with E-state index >= 15 is 0 Å². The second kappa shape index (κ2) is 11.4. The molecule has 0 aliphatic carbocycles. The Morgan fingerprint density at radius 1 is 0.523 bits per heavy atom. The Balaban J connectivity index is 0.00000384. The smallest absolute Gasteiger partial charge is 0.327 e. The maximum absolute atomic E-state index is 5.01. The van der Waals surface area contributed by atoms with Gasteiger partial charge in [0.15, 0.2) is 17.6 Å². The molecule has 2 aromatic carbocycles. The van der Waals surface area contributed by atoms with Gasteiger partial charge in [-0.15, -0.1) is 12.1 Å². The summed E-state index contributed by atoms with van der Waals surface area (Å²) in [6.07, 6.45) is 6.41. The van der Waals surface area contributed by atoms with Crippen molar-refractivity contribution in [2.45, 2.75) is 71.9 Å². The van der Waals surface area contributed by atoms with Crippen LogP contribution in [0.3, 0.4) is 0 Å². The van der Waals surface area contributed by atoms with Gasteiger partial charge in [0.25, 0.3) is 0 Å². The van der Waals surface area contributed by atoms with E-state index in [4.69, 9.17) is 30.4 Å². The van der Waals surface area contributed by atoms with Gasteiger partial charge in [0.05, 0.1) is 0 Å². The average Bonchev–Trinajstić information content (AvgIpc) is 3.78. The molecule has 11 heteroatoms. The Morgan fingerprint density at radius 2 is 0.886 bits per heavy atom. The standard InChI is InChI=1S/C33H36N10.Pt/c1-31(2,3)25-19-21-40(36-25)29-34-27(23-15-11-9-12-16-23)42(38-29)33(7,8)43-28(24-17-13-10-14-18-24)35-30(39-43)41-22-20-26(37-41)32(4,5)6;/h9-20H,1-8H3;/q-2;+2. The molecule has 0 radical (unpaired) electrons. The molecular weight excluding hydrogens is 732 g/mol. The van der Waals surface area contributed by atoms with Crippen LogP contribution in [0.15, 0.2) is 72.8 Å². The molecule has 0 spiro atoms. The van der Waals surface area contributed by atoms with Crippen LogP contribution in [0.2, 0.25) is 0 Å². The van der Waals surface area contributed by atoms with E-state index in [0.717, 1.165) is 22.5 Å². The van der Waals surface area contributed by atoms with Crippen LogP contribution < -0.4 is 0 Å². The van der Waals surface area contributed by atoms with Crippen molar-refractivity contribution < 1.29 is 21.1 Å². The minimum absolute atomic E-state index is 0. The van der Waals surface area contributed by atoms with E-state index in [1.807, 2.05) is 96.0 Å². The first-order chi connectivity index (χ1) is 20.3. The Hall–Kier alpha value is -4.17. The summed E-state index contributed by atoms with van der Waals surface area (Å²) in [7, 11) is 0. The van der Waals surface area contributed by atoms with Crippen molar-refractivity contribution in [3.05, 3.63) is 96.6 Å². The molecule has 0 amide bonds. The largest absolute Gasteiger partial charge is 2.00 e. The van der Waals surface area contributed by atoms with Crippen LogP contribution in [-0.2, 0) is 37.6 Å². The fourth-order valence-electron chi connectivity index (χ4n) is 4.70.